The molecule has 0 saturated carbocycles. The standard InChI is InChI=1S/C15H14F2N8/c1-18-14-12-8(5-6-24(12)23-15(19-2)21-14)9-3-4-11-20-7-10(13(16)17)25(11)22-9/h3-7,13H,1-2H3,(H2,18,19,21,23). The molecule has 4 aromatic heterocycles. The maximum absolute atomic E-state index is 13.1. The number of aromatic nitrogens is 6. The van der Waals surface area contributed by atoms with Gasteiger partial charge in [0.05, 0.1) is 11.9 Å². The molecule has 0 aliphatic rings. The average molecular weight is 344 g/mol. The third kappa shape index (κ3) is 2.33. The topological polar surface area (TPSA) is 84.4 Å². The van der Waals surface area contributed by atoms with Crippen LogP contribution in [0.15, 0.2) is 30.6 Å². The minimum absolute atomic E-state index is 0.247. The molecule has 0 radical (unpaired) electrons. The maximum Gasteiger partial charge on any atom is 0.282 e. The second-order valence-corrected chi connectivity index (χ2v) is 5.28. The Balaban J connectivity index is 1.95. The minimum Gasteiger partial charge on any atom is -0.371 e. The van der Waals surface area contributed by atoms with E-state index in [2.05, 4.69) is 30.8 Å². The molecule has 4 aromatic rings. The number of halogens is 2. The molecule has 0 bridgehead atoms. The zero-order chi connectivity index (χ0) is 17.6. The van der Waals surface area contributed by atoms with Gasteiger partial charge in [0.1, 0.15) is 11.2 Å². The van der Waals surface area contributed by atoms with Crippen LogP contribution in [-0.4, -0.2) is 43.3 Å². The van der Waals surface area contributed by atoms with Gasteiger partial charge in [-0.05, 0) is 18.2 Å². The molecule has 2 N–H and O–H groups in total. The van der Waals surface area contributed by atoms with E-state index in [9.17, 15) is 8.78 Å². The Labute approximate surface area is 140 Å². The van der Waals surface area contributed by atoms with E-state index < -0.39 is 6.43 Å². The molecule has 0 unspecified atom stereocenters. The number of nitrogens with one attached hydrogen (secondary N) is 2. The van der Waals surface area contributed by atoms with Crippen molar-refractivity contribution < 1.29 is 8.78 Å². The first kappa shape index (κ1) is 15.2. The third-order valence-electron chi connectivity index (χ3n) is 3.86. The van der Waals surface area contributed by atoms with Crippen molar-refractivity contribution in [3.63, 3.8) is 0 Å². The number of fused-ring (bicyclic) bond motifs is 2. The molecule has 0 spiro atoms. The molecule has 0 fully saturated rings. The van der Waals surface area contributed by atoms with Gasteiger partial charge in [0.15, 0.2) is 11.5 Å². The van der Waals surface area contributed by atoms with Crippen LogP contribution in [-0.2, 0) is 0 Å². The quantitative estimate of drug-likeness (QED) is 0.592. The molecule has 25 heavy (non-hydrogen) atoms. The van der Waals surface area contributed by atoms with E-state index >= 15 is 0 Å². The van der Waals surface area contributed by atoms with Gasteiger partial charge in [-0.3, -0.25) is 0 Å². The molecule has 128 valence electrons. The van der Waals surface area contributed by atoms with E-state index in [4.69, 9.17) is 0 Å². The molecule has 4 rings (SSSR count). The number of imidazole rings is 1. The summed E-state index contributed by atoms with van der Waals surface area (Å²) in [6, 6.07) is 5.20. The molecule has 0 amide bonds. The number of rotatable bonds is 4. The number of hydrogen-bond donors (Lipinski definition) is 2. The second-order valence-electron chi connectivity index (χ2n) is 5.28. The van der Waals surface area contributed by atoms with Crippen LogP contribution in [0.2, 0.25) is 0 Å². The van der Waals surface area contributed by atoms with Crippen LogP contribution >= 0.6 is 0 Å². The summed E-state index contributed by atoms with van der Waals surface area (Å²) in [5.41, 5.74) is 2.06. The van der Waals surface area contributed by atoms with Crippen LogP contribution in [0.3, 0.4) is 0 Å². The molecular weight excluding hydrogens is 330 g/mol. The van der Waals surface area contributed by atoms with Gasteiger partial charge in [-0.1, -0.05) is 0 Å². The summed E-state index contributed by atoms with van der Waals surface area (Å²) in [6.07, 6.45) is 0.246. The van der Waals surface area contributed by atoms with E-state index in [0.29, 0.717) is 28.6 Å². The van der Waals surface area contributed by atoms with E-state index in [-0.39, 0.29) is 5.69 Å². The van der Waals surface area contributed by atoms with Crippen molar-refractivity contribution in [3.05, 3.63) is 36.3 Å². The fourth-order valence-electron chi connectivity index (χ4n) is 2.70. The SMILES string of the molecule is CNc1nc(NC)c2c(-c3ccc4ncc(C(F)F)n4n3)ccn2n1. The molecule has 0 saturated heterocycles. The smallest absolute Gasteiger partial charge is 0.282 e. The Morgan fingerprint density at radius 1 is 1.08 bits per heavy atom. The van der Waals surface area contributed by atoms with Gasteiger partial charge in [-0.15, -0.1) is 5.10 Å². The Morgan fingerprint density at radius 2 is 1.92 bits per heavy atom. The van der Waals surface area contributed by atoms with Crippen molar-refractivity contribution in [2.24, 2.45) is 0 Å². The normalized spacial score (nSPS) is 11.6. The van der Waals surface area contributed by atoms with Crippen LogP contribution < -0.4 is 10.6 Å². The van der Waals surface area contributed by atoms with Crippen LogP contribution in [0.1, 0.15) is 12.1 Å². The lowest BCUT2D eigenvalue weighted by Crippen LogP contribution is -2.06. The van der Waals surface area contributed by atoms with E-state index in [0.717, 1.165) is 16.3 Å². The highest BCUT2D eigenvalue weighted by Crippen LogP contribution is 2.29. The van der Waals surface area contributed by atoms with Gasteiger partial charge < -0.3 is 10.6 Å². The zero-order valence-electron chi connectivity index (χ0n) is 13.4. The summed E-state index contributed by atoms with van der Waals surface area (Å²) in [4.78, 5) is 8.32. The van der Waals surface area contributed by atoms with Crippen molar-refractivity contribution in [2.45, 2.75) is 6.43 Å². The van der Waals surface area contributed by atoms with Gasteiger partial charge in [0, 0.05) is 25.9 Å². The highest BCUT2D eigenvalue weighted by atomic mass is 19.3. The van der Waals surface area contributed by atoms with Crippen molar-refractivity contribution in [1.82, 2.24) is 29.2 Å². The molecule has 0 aliphatic heterocycles. The molecule has 0 atom stereocenters. The van der Waals surface area contributed by atoms with E-state index in [1.165, 1.54) is 0 Å². The van der Waals surface area contributed by atoms with Gasteiger partial charge in [0.2, 0.25) is 5.95 Å². The molecule has 4 heterocycles. The summed E-state index contributed by atoms with van der Waals surface area (Å²) < 4.78 is 29.1. The highest BCUT2D eigenvalue weighted by molar-refractivity contribution is 5.87. The van der Waals surface area contributed by atoms with Gasteiger partial charge >= 0.3 is 0 Å². The predicted octanol–water partition coefficient (Wildman–Crippen LogP) is 2.46. The fraction of sp³-hybridized carbons (Fsp3) is 0.200. The highest BCUT2D eigenvalue weighted by Gasteiger charge is 2.18. The molecule has 0 aromatic carbocycles. The van der Waals surface area contributed by atoms with Crippen molar-refractivity contribution in [1.29, 1.82) is 0 Å². The Bertz CT molecular complexity index is 1070. The van der Waals surface area contributed by atoms with Crippen LogP contribution in [0.25, 0.3) is 22.4 Å². The Kier molecular flexibility index (Phi) is 3.45. The summed E-state index contributed by atoms with van der Waals surface area (Å²) in [7, 11) is 3.48. The van der Waals surface area contributed by atoms with Crippen molar-refractivity contribution >= 4 is 22.9 Å². The first-order valence-electron chi connectivity index (χ1n) is 7.50. The van der Waals surface area contributed by atoms with Crippen LogP contribution in [0.5, 0.6) is 0 Å². The van der Waals surface area contributed by atoms with Gasteiger partial charge in [0.25, 0.3) is 6.43 Å². The second kappa shape index (κ2) is 5.65. The molecule has 10 heteroatoms. The van der Waals surface area contributed by atoms with E-state index in [1.54, 1.807) is 36.9 Å². The van der Waals surface area contributed by atoms with Crippen molar-refractivity contribution in [3.8, 4) is 11.3 Å². The molecular formula is C15H14F2N8. The lowest BCUT2D eigenvalue weighted by Gasteiger charge is -2.08. The maximum atomic E-state index is 13.1. The van der Waals surface area contributed by atoms with Crippen LogP contribution in [0, 0.1) is 0 Å². The summed E-state index contributed by atoms with van der Waals surface area (Å²) >= 11 is 0. The summed E-state index contributed by atoms with van der Waals surface area (Å²) in [6.45, 7) is 0. The summed E-state index contributed by atoms with van der Waals surface area (Å²) in [5, 5.41) is 14.6. The summed E-state index contributed by atoms with van der Waals surface area (Å²) in [5.74, 6) is 1.05. The zero-order valence-corrected chi connectivity index (χ0v) is 13.4. The average Bonchev–Trinajstić information content (AvgIpc) is 3.24. The first-order chi connectivity index (χ1) is 12.1. The van der Waals surface area contributed by atoms with Crippen molar-refractivity contribution in [2.75, 3.05) is 24.7 Å². The predicted molar refractivity (Wildman–Crippen MR) is 89.0 cm³/mol. The number of alkyl halides is 2. The number of hydrogen-bond acceptors (Lipinski definition) is 6. The lowest BCUT2D eigenvalue weighted by atomic mass is 10.2. The fourth-order valence-corrected chi connectivity index (χ4v) is 2.70. The lowest BCUT2D eigenvalue weighted by molar-refractivity contribution is 0.143. The third-order valence-corrected chi connectivity index (χ3v) is 3.86. The number of nitrogens with zero attached hydrogens (tertiary/aromatic N) is 6. The Hall–Kier alpha value is -3.30. The van der Waals surface area contributed by atoms with E-state index in [1.807, 2.05) is 6.07 Å². The molecule has 8 nitrogen and oxygen atoms in total. The Morgan fingerprint density at radius 3 is 2.64 bits per heavy atom. The molecule has 0 aliphatic carbocycles. The van der Waals surface area contributed by atoms with Gasteiger partial charge in [-0.2, -0.15) is 10.1 Å². The largest absolute Gasteiger partial charge is 0.371 e. The van der Waals surface area contributed by atoms with Crippen LogP contribution in [0.4, 0.5) is 20.5 Å². The number of anilines is 2. The monoisotopic (exact) mass is 344 g/mol. The first-order valence-corrected chi connectivity index (χ1v) is 7.50. The minimum atomic E-state index is -2.65. The van der Waals surface area contributed by atoms with Gasteiger partial charge in [-0.25, -0.2) is 22.8 Å².